The zero-order valence-electron chi connectivity index (χ0n) is 66.8. The summed E-state index contributed by atoms with van der Waals surface area (Å²) >= 11 is 0. The molecule has 6 saturated carbocycles. The number of piperidine rings is 6. The predicted molar refractivity (Wildman–Crippen MR) is 439 cm³/mol. The number of anilines is 3. The van der Waals surface area contributed by atoms with Crippen molar-refractivity contribution in [3.05, 3.63) is 116 Å². The Labute approximate surface area is 663 Å². The second-order valence-electron chi connectivity index (χ2n) is 38.3. The van der Waals surface area contributed by atoms with Crippen molar-refractivity contribution in [2.45, 2.75) is 336 Å². The van der Waals surface area contributed by atoms with E-state index in [4.69, 9.17) is 4.98 Å². The number of hydrogen-bond acceptors (Lipinski definition) is 14. The van der Waals surface area contributed by atoms with Crippen LogP contribution in [-0.4, -0.2) is 146 Å². The maximum Gasteiger partial charge on any atom is 0.331 e. The summed E-state index contributed by atoms with van der Waals surface area (Å²) in [5, 5.41) is 5.55. The molecule has 13 unspecified atom stereocenters. The number of nitrogens with zero attached hydrogens (tertiary/aromatic N) is 12. The van der Waals surface area contributed by atoms with Crippen LogP contribution in [0.15, 0.2) is 99.5 Å². The Kier molecular flexibility index (Phi) is 20.6. The molecule has 113 heavy (non-hydrogen) atoms. The summed E-state index contributed by atoms with van der Waals surface area (Å²) in [6.45, 7) is 5.43. The lowest BCUT2D eigenvalue weighted by Gasteiger charge is -2.55. The third kappa shape index (κ3) is 14.3. The third-order valence-corrected chi connectivity index (χ3v) is 30.7. The molecule has 15 aliphatic rings. The summed E-state index contributed by atoms with van der Waals surface area (Å²) in [4.78, 5) is 132. The lowest BCUT2D eigenvalue weighted by Crippen LogP contribution is -2.58. The van der Waals surface area contributed by atoms with E-state index in [1.807, 2.05) is 86.5 Å². The summed E-state index contributed by atoms with van der Waals surface area (Å²) in [5.74, 6) is 5.48. The fourth-order valence-electron chi connectivity index (χ4n) is 26.3. The predicted octanol–water partition coefficient (Wildman–Crippen LogP) is 15.1. The van der Waals surface area contributed by atoms with E-state index in [1.54, 1.807) is 31.0 Å². The fraction of sp³-hybridized carbons (Fsp3) is 0.659. The van der Waals surface area contributed by atoms with Gasteiger partial charge in [0, 0.05) is 98.1 Å². The van der Waals surface area contributed by atoms with Crippen LogP contribution in [-0.2, 0) is 14.4 Å². The Balaban J connectivity index is 0.000000114. The largest absolute Gasteiger partial charge is 0.331 e. The number of carbonyl (C=O) groups is 5. The first-order valence-electron chi connectivity index (χ1n) is 44.5. The molecule has 8 saturated heterocycles. The molecule has 9 aliphatic heterocycles. The van der Waals surface area contributed by atoms with E-state index in [1.165, 1.54) is 185 Å². The highest BCUT2D eigenvalue weighted by Crippen LogP contribution is 2.52. The molecule has 600 valence electrons. The third-order valence-electron chi connectivity index (χ3n) is 30.7. The van der Waals surface area contributed by atoms with Crippen LogP contribution in [0.2, 0.25) is 0 Å². The van der Waals surface area contributed by atoms with Crippen molar-refractivity contribution >= 4 is 80.2 Å². The number of amides is 6. The number of nitrogens with one attached hydrogen (secondary N) is 2. The highest BCUT2D eigenvalue weighted by Gasteiger charge is 2.52. The van der Waals surface area contributed by atoms with E-state index in [-0.39, 0.29) is 70.6 Å². The van der Waals surface area contributed by atoms with Crippen molar-refractivity contribution in [1.82, 2.24) is 54.0 Å². The lowest BCUT2D eigenvalue weighted by molar-refractivity contribution is -0.121. The highest BCUT2D eigenvalue weighted by molar-refractivity contribution is 6.22. The quantitative estimate of drug-likeness (QED) is 0.115. The van der Waals surface area contributed by atoms with Crippen LogP contribution < -0.4 is 42.0 Å². The molecule has 6 aromatic rings. The van der Waals surface area contributed by atoms with Crippen LogP contribution in [0.25, 0.3) is 33.1 Å². The van der Waals surface area contributed by atoms with Gasteiger partial charge in [0.15, 0.2) is 0 Å². The van der Waals surface area contributed by atoms with Crippen molar-refractivity contribution in [1.29, 1.82) is 0 Å². The molecule has 2 N–H and O–H groups in total. The van der Waals surface area contributed by atoms with Crippen molar-refractivity contribution in [2.75, 3.05) is 21.2 Å². The average Bonchev–Trinajstić information content (AvgIpc) is 1.68. The number of rotatable bonds is 11. The van der Waals surface area contributed by atoms with E-state index in [9.17, 15) is 38.4 Å². The Hall–Kier alpha value is -7.95. The van der Waals surface area contributed by atoms with Gasteiger partial charge in [0.25, 0.3) is 22.6 Å². The molecule has 0 radical (unpaired) electrons. The van der Waals surface area contributed by atoms with Gasteiger partial charge in [-0.25, -0.2) is 34.3 Å². The van der Waals surface area contributed by atoms with Crippen molar-refractivity contribution in [2.24, 2.45) is 35.5 Å². The van der Waals surface area contributed by atoms with Gasteiger partial charge >= 0.3 is 12.1 Å². The minimum absolute atomic E-state index is 0.00270. The zero-order valence-corrected chi connectivity index (χ0v) is 66.8. The van der Waals surface area contributed by atoms with E-state index in [2.05, 4.69) is 35.3 Å². The van der Waals surface area contributed by atoms with Gasteiger partial charge in [0.2, 0.25) is 23.4 Å². The number of benzene rings is 3. The minimum Gasteiger partial charge on any atom is -0.331 e. The van der Waals surface area contributed by atoms with Crippen LogP contribution in [0.1, 0.15) is 270 Å². The van der Waals surface area contributed by atoms with E-state index in [0.29, 0.717) is 72.6 Å². The first-order valence-corrected chi connectivity index (χ1v) is 44.5. The van der Waals surface area contributed by atoms with Crippen LogP contribution in [0.5, 0.6) is 0 Å². The standard InChI is InChI=1S/C32H41N5O3.C30H39N5O3.C29H38N4O2/c1-20(38)14-23-12-13-35(32(40)33-23)30-31(39)37(29-11-3-2-10-28(29)34-30)27-18-24-8-5-9-25(19-27)36(24)26-16-21-6-4-7-22(15-21)17-26;1-30(2)28(37)35(29(38)32-30)26-27(36)34(25-12-4-3-11-24(25)31-26)23-16-20-9-6-10-21(17-23)33(20)22-14-18-7-5-8-19(13-18)15-22;34-27-12-5-13-31(27)28-29(35)33(26-11-2-1-10-25(26)30-28)24-17-21-8-4-9-22(18-24)32(21)23-15-19-6-3-7-20(14-19)16-23/h2-3,10-13,21-27H,4-9,14-19H2,1H3,(H,33,40);3-4,11-12,18-23H,5-10,13-17H2,1-2H3,(H,32,38);1-2,10-11,19-24H,3-9,12-18H2. The molecule has 22 heteroatoms. The number of para-hydroxylation sites is 6. The van der Waals surface area contributed by atoms with Gasteiger partial charge in [-0.15, -0.1) is 0 Å². The fourth-order valence-corrected chi connectivity index (χ4v) is 26.3. The number of urea groups is 2. The van der Waals surface area contributed by atoms with Gasteiger partial charge in [-0.05, 0) is 240 Å². The monoisotopic (exact) mass is 1530 g/mol. The number of carbonyl (C=O) groups excluding carboxylic acids is 5. The number of ketones is 1. The molecule has 22 nitrogen and oxygen atoms in total. The van der Waals surface area contributed by atoms with Crippen molar-refractivity contribution < 1.29 is 24.0 Å². The van der Waals surface area contributed by atoms with Crippen LogP contribution in [0, 0.1) is 35.5 Å². The maximum absolute atomic E-state index is 14.2. The number of imide groups is 1. The summed E-state index contributed by atoms with van der Waals surface area (Å²) in [6.07, 6.45) is 47.3. The molecule has 12 bridgehead atoms. The molecule has 13 atom stereocenters. The molecule has 14 fully saturated rings. The first kappa shape index (κ1) is 75.1. The smallest absolute Gasteiger partial charge is 0.331 e. The zero-order chi connectivity index (χ0) is 77.1. The molecule has 12 heterocycles. The van der Waals surface area contributed by atoms with E-state index in [0.717, 1.165) is 119 Å². The SMILES string of the molecule is CC(=O)CC1C=CN(c2nc3ccccc3n(C3CC4CCCC(C3)N4C3CC4CCCC(C4)C3)c2=O)C(=O)N1.CC1(C)NC(=O)N(c2nc3ccccc3n(C3CC4CCCC(C3)N4C3CC4CCCC(C4)C3)c2=O)C1=O.O=C1CCCN1c1nc2ccccc2n(C2CC3CCCC(C2)N3C2CC3CCCC(C3)C2)c1=O. The summed E-state index contributed by atoms with van der Waals surface area (Å²) in [7, 11) is 0. The normalized spacial score (nSPS) is 34.8. The first-order chi connectivity index (χ1) is 54.9. The Morgan fingerprint density at radius 3 is 1.12 bits per heavy atom. The topological polar surface area (TPSA) is 234 Å². The Morgan fingerprint density at radius 1 is 0.407 bits per heavy atom. The molecule has 3 aromatic heterocycles. The molecular formula is C91H118N14O8. The van der Waals surface area contributed by atoms with Gasteiger partial charge in [0.05, 0.1) is 39.1 Å². The summed E-state index contributed by atoms with van der Waals surface area (Å²) in [5.41, 5.74) is 3.06. The Bertz CT molecular complexity index is 4820. The lowest BCUT2D eigenvalue weighted by atomic mass is 9.68. The molecular weight excluding hydrogens is 1420 g/mol. The Morgan fingerprint density at radius 2 is 0.761 bits per heavy atom. The highest BCUT2D eigenvalue weighted by atomic mass is 16.2. The molecule has 3 aromatic carbocycles. The van der Waals surface area contributed by atoms with Gasteiger partial charge in [0.1, 0.15) is 11.3 Å². The molecule has 6 aliphatic carbocycles. The summed E-state index contributed by atoms with van der Waals surface area (Å²) < 4.78 is 5.88. The van der Waals surface area contributed by atoms with Crippen LogP contribution in [0.4, 0.5) is 27.0 Å². The van der Waals surface area contributed by atoms with Crippen molar-refractivity contribution in [3.63, 3.8) is 0 Å². The van der Waals surface area contributed by atoms with Crippen LogP contribution >= 0.6 is 0 Å². The van der Waals surface area contributed by atoms with Gasteiger partial charge in [-0.1, -0.05) is 113 Å². The second kappa shape index (κ2) is 30.9. The van der Waals surface area contributed by atoms with Gasteiger partial charge in [-0.3, -0.25) is 48.4 Å². The number of aromatic nitrogens is 6. The average molecular weight is 1540 g/mol. The van der Waals surface area contributed by atoms with Crippen molar-refractivity contribution in [3.8, 4) is 0 Å². The number of Topliss-reactive ketones (excluding diaryl/α,β-unsaturated/α-hetero) is 1. The van der Waals surface area contributed by atoms with Crippen LogP contribution in [0.3, 0.4) is 0 Å². The number of hydrogen-bond donors (Lipinski definition) is 2. The van der Waals surface area contributed by atoms with E-state index >= 15 is 0 Å². The second-order valence-corrected chi connectivity index (χ2v) is 38.3. The number of fused-ring (bicyclic) bond motifs is 15. The molecule has 21 rings (SSSR count). The molecule has 0 spiro atoms. The van der Waals surface area contributed by atoms with Gasteiger partial charge < -0.3 is 24.3 Å². The minimum atomic E-state index is -1.07. The molecule has 6 amide bonds. The van der Waals surface area contributed by atoms with Gasteiger partial charge in [-0.2, -0.15) is 0 Å². The van der Waals surface area contributed by atoms with E-state index < -0.39 is 23.5 Å². The maximum atomic E-state index is 14.2. The summed E-state index contributed by atoms with van der Waals surface area (Å²) in [6, 6.07) is 27.7.